The maximum atomic E-state index is 2.37. The largest absolute Gasteiger partial charge is 0.0917 e. The highest BCUT2D eigenvalue weighted by atomic mass is 13.9. The van der Waals surface area contributed by atoms with Crippen LogP contribution in [0.5, 0.6) is 0 Å². The van der Waals surface area contributed by atoms with Gasteiger partial charge in [0.25, 0.3) is 0 Å². The van der Waals surface area contributed by atoms with E-state index in [9.17, 15) is 0 Å². The Morgan fingerprint density at radius 2 is 1.19 bits per heavy atom. The fraction of sp³-hybridized carbons (Fsp3) is 0.750. The maximum Gasteiger partial charge on any atom is -0.0348 e. The van der Waals surface area contributed by atoms with E-state index in [0.29, 0.717) is 0 Å². The van der Waals surface area contributed by atoms with Gasteiger partial charge in [0.1, 0.15) is 0 Å². The standard InChI is InChI=1S/C16H30/c1-3-5-7-9-11-13-15-16-14-12-10-8-6-4-2/h3,5,13,15H,4,6-12,14,16H2,1-2H3. The van der Waals surface area contributed by atoms with Crippen molar-refractivity contribution in [3.05, 3.63) is 24.3 Å². The van der Waals surface area contributed by atoms with E-state index in [-0.39, 0.29) is 0 Å². The van der Waals surface area contributed by atoms with Crippen molar-refractivity contribution >= 4 is 0 Å². The van der Waals surface area contributed by atoms with Crippen molar-refractivity contribution < 1.29 is 0 Å². The second kappa shape index (κ2) is 14.5. The Kier molecular flexibility index (Phi) is 14.0. The summed E-state index contributed by atoms with van der Waals surface area (Å²) >= 11 is 0. The molecule has 0 aliphatic carbocycles. The highest BCUT2D eigenvalue weighted by Gasteiger charge is 1.87. The predicted molar refractivity (Wildman–Crippen MR) is 75.8 cm³/mol. The molecule has 0 rings (SSSR count). The Labute approximate surface area is 103 Å². The third-order valence-corrected chi connectivity index (χ3v) is 2.87. The molecule has 0 saturated heterocycles. The number of unbranched alkanes of at least 4 members (excludes halogenated alkanes) is 8. The lowest BCUT2D eigenvalue weighted by Crippen LogP contribution is -1.77. The highest BCUT2D eigenvalue weighted by Crippen LogP contribution is 2.07. The number of hydrogen-bond acceptors (Lipinski definition) is 0. The second-order valence-electron chi connectivity index (χ2n) is 4.53. The van der Waals surface area contributed by atoms with Crippen molar-refractivity contribution in [3.63, 3.8) is 0 Å². The van der Waals surface area contributed by atoms with Crippen LogP contribution in [0.4, 0.5) is 0 Å². The van der Waals surface area contributed by atoms with Crippen LogP contribution < -0.4 is 0 Å². The van der Waals surface area contributed by atoms with Gasteiger partial charge in [-0.15, -0.1) is 0 Å². The molecule has 0 fully saturated rings. The van der Waals surface area contributed by atoms with Crippen LogP contribution in [0.25, 0.3) is 0 Å². The Balaban J connectivity index is 3.03. The lowest BCUT2D eigenvalue weighted by molar-refractivity contribution is 0.611. The summed E-state index contributed by atoms with van der Waals surface area (Å²) in [6.07, 6.45) is 22.6. The predicted octanol–water partition coefficient (Wildman–Crippen LogP) is 6.04. The summed E-state index contributed by atoms with van der Waals surface area (Å²) in [7, 11) is 0. The van der Waals surface area contributed by atoms with E-state index in [2.05, 4.69) is 38.2 Å². The van der Waals surface area contributed by atoms with Crippen molar-refractivity contribution in [3.8, 4) is 0 Å². The van der Waals surface area contributed by atoms with Crippen molar-refractivity contribution in [2.75, 3.05) is 0 Å². The third kappa shape index (κ3) is 13.5. The molecule has 0 saturated carbocycles. The normalized spacial score (nSPS) is 11.9. The van der Waals surface area contributed by atoms with Gasteiger partial charge in [-0.3, -0.25) is 0 Å². The first-order valence-electron chi connectivity index (χ1n) is 7.18. The van der Waals surface area contributed by atoms with Gasteiger partial charge in [-0.2, -0.15) is 0 Å². The molecule has 0 atom stereocenters. The summed E-state index contributed by atoms with van der Waals surface area (Å²) in [4.78, 5) is 0. The molecule has 0 aromatic rings. The minimum absolute atomic E-state index is 1.23. The fourth-order valence-corrected chi connectivity index (χ4v) is 1.80. The van der Waals surface area contributed by atoms with Crippen LogP contribution in [-0.2, 0) is 0 Å². The van der Waals surface area contributed by atoms with E-state index < -0.39 is 0 Å². The minimum atomic E-state index is 1.23. The number of hydrogen-bond donors (Lipinski definition) is 0. The van der Waals surface area contributed by atoms with Gasteiger partial charge in [-0.05, 0) is 39.0 Å². The molecule has 0 aliphatic heterocycles. The van der Waals surface area contributed by atoms with Crippen LogP contribution in [0.3, 0.4) is 0 Å². The molecule has 16 heavy (non-hydrogen) atoms. The van der Waals surface area contributed by atoms with Gasteiger partial charge in [-0.1, -0.05) is 63.3 Å². The molecule has 0 bridgehead atoms. The monoisotopic (exact) mass is 222 g/mol. The summed E-state index contributed by atoms with van der Waals surface area (Å²) in [5, 5.41) is 0. The van der Waals surface area contributed by atoms with Gasteiger partial charge in [0.15, 0.2) is 0 Å². The summed E-state index contributed by atoms with van der Waals surface area (Å²) < 4.78 is 0. The van der Waals surface area contributed by atoms with Gasteiger partial charge in [-0.25, -0.2) is 0 Å². The van der Waals surface area contributed by atoms with Crippen LogP contribution in [0.2, 0.25) is 0 Å². The van der Waals surface area contributed by atoms with Crippen molar-refractivity contribution in [2.45, 2.75) is 78.1 Å². The molecule has 0 aromatic heterocycles. The van der Waals surface area contributed by atoms with Crippen LogP contribution in [-0.4, -0.2) is 0 Å². The molecule has 94 valence electrons. The first-order chi connectivity index (χ1) is 7.91. The summed E-state index contributed by atoms with van der Waals surface area (Å²) in [5.41, 5.74) is 0. The highest BCUT2D eigenvalue weighted by molar-refractivity contribution is 4.83. The van der Waals surface area contributed by atoms with E-state index in [0.717, 1.165) is 0 Å². The summed E-state index contributed by atoms with van der Waals surface area (Å²) in [6.45, 7) is 4.37. The topological polar surface area (TPSA) is 0 Å². The molecule has 0 nitrogen and oxygen atoms in total. The zero-order chi connectivity index (χ0) is 11.9. The Bertz CT molecular complexity index is 165. The zero-order valence-electron chi connectivity index (χ0n) is 11.4. The van der Waals surface area contributed by atoms with Crippen LogP contribution in [0, 0.1) is 0 Å². The summed E-state index contributed by atoms with van der Waals surface area (Å²) in [5.74, 6) is 0. The van der Waals surface area contributed by atoms with Crippen LogP contribution in [0.1, 0.15) is 78.1 Å². The van der Waals surface area contributed by atoms with Crippen molar-refractivity contribution in [2.24, 2.45) is 0 Å². The maximum absolute atomic E-state index is 2.37. The minimum Gasteiger partial charge on any atom is -0.0917 e. The molecule has 0 aromatic carbocycles. The van der Waals surface area contributed by atoms with Crippen molar-refractivity contribution in [1.29, 1.82) is 0 Å². The molecule has 0 heterocycles. The Morgan fingerprint density at radius 1 is 0.625 bits per heavy atom. The Hall–Kier alpha value is -0.520. The van der Waals surface area contributed by atoms with E-state index in [1.165, 1.54) is 64.2 Å². The van der Waals surface area contributed by atoms with Crippen LogP contribution >= 0.6 is 0 Å². The molecule has 0 unspecified atom stereocenters. The third-order valence-electron chi connectivity index (χ3n) is 2.87. The van der Waals surface area contributed by atoms with Crippen molar-refractivity contribution in [1.82, 2.24) is 0 Å². The first kappa shape index (κ1) is 15.5. The van der Waals surface area contributed by atoms with Gasteiger partial charge in [0.05, 0.1) is 0 Å². The van der Waals surface area contributed by atoms with Crippen LogP contribution in [0.15, 0.2) is 24.3 Å². The first-order valence-corrected chi connectivity index (χ1v) is 7.18. The van der Waals surface area contributed by atoms with Gasteiger partial charge in [0.2, 0.25) is 0 Å². The lowest BCUT2D eigenvalue weighted by Gasteiger charge is -1.97. The number of allylic oxidation sites excluding steroid dienone is 4. The summed E-state index contributed by atoms with van der Waals surface area (Å²) in [6, 6.07) is 0. The molecule has 0 heteroatoms. The average molecular weight is 222 g/mol. The SMILES string of the molecule is CC=CCCCC=CCCCCCCCC. The fourth-order valence-electron chi connectivity index (χ4n) is 1.80. The quantitative estimate of drug-likeness (QED) is 0.295. The van der Waals surface area contributed by atoms with E-state index in [4.69, 9.17) is 0 Å². The smallest absolute Gasteiger partial charge is 0.0348 e. The molecule has 0 amide bonds. The van der Waals surface area contributed by atoms with E-state index in [1.807, 2.05) is 0 Å². The van der Waals surface area contributed by atoms with Gasteiger partial charge < -0.3 is 0 Å². The molecule has 0 spiro atoms. The zero-order valence-corrected chi connectivity index (χ0v) is 11.4. The molecule has 0 aliphatic rings. The molecular formula is C16H30. The lowest BCUT2D eigenvalue weighted by atomic mass is 10.1. The van der Waals surface area contributed by atoms with E-state index >= 15 is 0 Å². The average Bonchev–Trinajstić information content (AvgIpc) is 2.31. The molecule has 0 radical (unpaired) electrons. The van der Waals surface area contributed by atoms with Gasteiger partial charge >= 0.3 is 0 Å². The van der Waals surface area contributed by atoms with E-state index in [1.54, 1.807) is 0 Å². The molecular weight excluding hydrogens is 192 g/mol. The molecule has 0 N–H and O–H groups in total. The number of rotatable bonds is 11. The van der Waals surface area contributed by atoms with Gasteiger partial charge in [0, 0.05) is 0 Å². The Morgan fingerprint density at radius 3 is 1.88 bits per heavy atom. The second-order valence-corrected chi connectivity index (χ2v) is 4.53.